The lowest BCUT2D eigenvalue weighted by Crippen LogP contribution is -2.33. The summed E-state index contributed by atoms with van der Waals surface area (Å²) in [7, 11) is 1.71. The summed E-state index contributed by atoms with van der Waals surface area (Å²) in [5.41, 5.74) is 1.34. The zero-order valence-corrected chi connectivity index (χ0v) is 16.3. The van der Waals surface area contributed by atoms with Gasteiger partial charge in [-0.05, 0) is 35.4 Å². The average molecular weight is 413 g/mol. The summed E-state index contributed by atoms with van der Waals surface area (Å²) in [6.07, 6.45) is 0.0510. The minimum atomic E-state index is -0.559. The minimum Gasteiger partial charge on any atom is -0.312 e. The Balaban J connectivity index is 1.71. The van der Waals surface area contributed by atoms with E-state index >= 15 is 0 Å². The maximum atomic E-state index is 13.7. The smallest absolute Gasteiger partial charge is 0.279 e. The highest BCUT2D eigenvalue weighted by molar-refractivity contribution is 7.98. The molecule has 29 heavy (non-hydrogen) atoms. The van der Waals surface area contributed by atoms with Crippen LogP contribution in [-0.2, 0) is 17.6 Å². The van der Waals surface area contributed by atoms with Gasteiger partial charge in [0.15, 0.2) is 5.16 Å². The van der Waals surface area contributed by atoms with Crippen LogP contribution in [0.15, 0.2) is 58.5 Å². The highest BCUT2D eigenvalue weighted by atomic mass is 32.2. The first-order chi connectivity index (χ1) is 13.9. The van der Waals surface area contributed by atoms with E-state index in [0.717, 1.165) is 5.56 Å². The van der Waals surface area contributed by atoms with Gasteiger partial charge >= 0.3 is 0 Å². The molecule has 0 bridgehead atoms. The second kappa shape index (κ2) is 7.79. The van der Waals surface area contributed by atoms with E-state index in [1.807, 2.05) is 0 Å². The number of halogens is 2. The van der Waals surface area contributed by atoms with Crippen molar-refractivity contribution >= 4 is 23.5 Å². The number of amides is 1. The minimum absolute atomic E-state index is 0.0510. The summed E-state index contributed by atoms with van der Waals surface area (Å²) >= 11 is 1.31. The molecule has 1 amide bonds. The van der Waals surface area contributed by atoms with E-state index in [4.69, 9.17) is 0 Å². The van der Waals surface area contributed by atoms with Gasteiger partial charge in [0, 0.05) is 25.1 Å². The van der Waals surface area contributed by atoms with Crippen molar-refractivity contribution in [3.05, 3.63) is 87.2 Å². The molecule has 4 rings (SSSR count). The SMILES string of the molecule is Cn1c(SCc2ccc(F)cc2)nc(=O)c2c1NC(=O)CC2c1cccc(F)c1. The van der Waals surface area contributed by atoms with E-state index < -0.39 is 17.3 Å². The van der Waals surface area contributed by atoms with E-state index in [1.165, 1.54) is 36.0 Å². The van der Waals surface area contributed by atoms with Crippen molar-refractivity contribution in [2.75, 3.05) is 5.32 Å². The Morgan fingerprint density at radius 2 is 1.90 bits per heavy atom. The first-order valence-electron chi connectivity index (χ1n) is 8.96. The van der Waals surface area contributed by atoms with Gasteiger partial charge in [-0.3, -0.25) is 9.59 Å². The molecule has 1 aliphatic heterocycles. The monoisotopic (exact) mass is 413 g/mol. The Bertz CT molecular complexity index is 1150. The van der Waals surface area contributed by atoms with Crippen molar-refractivity contribution in [2.45, 2.75) is 23.2 Å². The summed E-state index contributed by atoms with van der Waals surface area (Å²) in [5.74, 6) is -0.688. The van der Waals surface area contributed by atoms with Gasteiger partial charge < -0.3 is 9.88 Å². The molecule has 2 heterocycles. The van der Waals surface area contributed by atoms with Crippen molar-refractivity contribution in [2.24, 2.45) is 7.05 Å². The highest BCUT2D eigenvalue weighted by Gasteiger charge is 2.32. The Labute approximate surface area is 169 Å². The molecule has 5 nitrogen and oxygen atoms in total. The van der Waals surface area contributed by atoms with Gasteiger partial charge in [-0.25, -0.2) is 8.78 Å². The van der Waals surface area contributed by atoms with Gasteiger partial charge in [0.05, 0.1) is 5.56 Å². The molecule has 2 aromatic carbocycles. The lowest BCUT2D eigenvalue weighted by molar-refractivity contribution is -0.116. The third-order valence-electron chi connectivity index (χ3n) is 4.83. The normalized spacial score (nSPS) is 15.7. The third kappa shape index (κ3) is 3.93. The summed E-state index contributed by atoms with van der Waals surface area (Å²) in [5, 5.41) is 3.19. The molecule has 0 spiro atoms. The number of fused-ring (bicyclic) bond motifs is 1. The zero-order valence-electron chi connectivity index (χ0n) is 15.5. The maximum absolute atomic E-state index is 13.7. The van der Waals surface area contributed by atoms with Gasteiger partial charge in [0.2, 0.25) is 5.91 Å². The fourth-order valence-electron chi connectivity index (χ4n) is 3.40. The molecule has 1 aliphatic rings. The predicted molar refractivity (Wildman–Crippen MR) is 107 cm³/mol. The van der Waals surface area contributed by atoms with Crippen LogP contribution >= 0.6 is 11.8 Å². The summed E-state index contributed by atoms with van der Waals surface area (Å²) in [6, 6.07) is 12.0. The van der Waals surface area contributed by atoms with Crippen LogP contribution in [-0.4, -0.2) is 15.5 Å². The molecule has 0 fully saturated rings. The van der Waals surface area contributed by atoms with Gasteiger partial charge in [-0.2, -0.15) is 4.98 Å². The molecular formula is C21H17F2N3O2S. The number of nitrogens with one attached hydrogen (secondary N) is 1. The van der Waals surface area contributed by atoms with Crippen molar-refractivity contribution < 1.29 is 13.6 Å². The lowest BCUT2D eigenvalue weighted by Gasteiger charge is -2.27. The topological polar surface area (TPSA) is 64.0 Å². The Kier molecular flexibility index (Phi) is 5.19. The quantitative estimate of drug-likeness (QED) is 0.522. The first kappa shape index (κ1) is 19.3. The van der Waals surface area contributed by atoms with Crippen molar-refractivity contribution in [3.8, 4) is 0 Å². The van der Waals surface area contributed by atoms with Gasteiger partial charge in [-0.1, -0.05) is 36.0 Å². The molecule has 8 heteroatoms. The molecule has 0 saturated carbocycles. The first-order valence-corrected chi connectivity index (χ1v) is 9.94. The van der Waals surface area contributed by atoms with Crippen LogP contribution in [0.2, 0.25) is 0 Å². The number of anilines is 1. The molecule has 148 valence electrons. The van der Waals surface area contributed by atoms with E-state index in [-0.39, 0.29) is 18.1 Å². The molecule has 1 N–H and O–H groups in total. The van der Waals surface area contributed by atoms with Gasteiger partial charge in [-0.15, -0.1) is 0 Å². The van der Waals surface area contributed by atoms with Crippen LogP contribution in [0.5, 0.6) is 0 Å². The fraction of sp³-hybridized carbons (Fsp3) is 0.190. The molecule has 1 unspecified atom stereocenters. The summed E-state index contributed by atoms with van der Waals surface area (Å²) < 4.78 is 28.4. The average Bonchev–Trinajstić information content (AvgIpc) is 2.70. The van der Waals surface area contributed by atoms with E-state index in [0.29, 0.717) is 27.9 Å². The largest absolute Gasteiger partial charge is 0.312 e. The molecule has 0 saturated heterocycles. The number of hydrogen-bond acceptors (Lipinski definition) is 4. The van der Waals surface area contributed by atoms with Crippen molar-refractivity contribution in [3.63, 3.8) is 0 Å². The van der Waals surface area contributed by atoms with Crippen LogP contribution < -0.4 is 10.9 Å². The van der Waals surface area contributed by atoms with Crippen LogP contribution in [0.4, 0.5) is 14.6 Å². The van der Waals surface area contributed by atoms with Gasteiger partial charge in [0.1, 0.15) is 17.5 Å². The van der Waals surface area contributed by atoms with Crippen LogP contribution in [0.3, 0.4) is 0 Å². The second-order valence-corrected chi connectivity index (χ2v) is 7.74. The van der Waals surface area contributed by atoms with Gasteiger partial charge in [0.25, 0.3) is 5.56 Å². The highest BCUT2D eigenvalue weighted by Crippen LogP contribution is 2.36. The number of benzene rings is 2. The van der Waals surface area contributed by atoms with Crippen LogP contribution in [0.1, 0.15) is 29.0 Å². The number of rotatable bonds is 4. The Morgan fingerprint density at radius 1 is 1.14 bits per heavy atom. The molecule has 1 aromatic heterocycles. The lowest BCUT2D eigenvalue weighted by atomic mass is 9.87. The maximum Gasteiger partial charge on any atom is 0.279 e. The Hall–Kier alpha value is -3.00. The molecule has 1 atom stereocenters. The standard InChI is InChI=1S/C21H17F2N3O2S/c1-26-19-18(16(10-17(27)24-19)13-3-2-4-15(23)9-13)20(28)25-21(26)29-11-12-5-7-14(22)8-6-12/h2-9,16H,10-11H2,1H3,(H,24,27). The molecular weight excluding hydrogens is 396 g/mol. The fourth-order valence-corrected chi connectivity index (χ4v) is 4.32. The van der Waals surface area contributed by atoms with E-state index in [9.17, 15) is 18.4 Å². The van der Waals surface area contributed by atoms with E-state index in [2.05, 4.69) is 10.3 Å². The van der Waals surface area contributed by atoms with E-state index in [1.54, 1.807) is 35.9 Å². The number of hydrogen-bond donors (Lipinski definition) is 1. The third-order valence-corrected chi connectivity index (χ3v) is 5.93. The van der Waals surface area contributed by atoms with Crippen molar-refractivity contribution in [1.82, 2.24) is 9.55 Å². The zero-order chi connectivity index (χ0) is 20.5. The summed E-state index contributed by atoms with van der Waals surface area (Å²) in [4.78, 5) is 29.3. The summed E-state index contributed by atoms with van der Waals surface area (Å²) in [6.45, 7) is 0. The second-order valence-electron chi connectivity index (χ2n) is 6.80. The number of nitrogens with zero attached hydrogens (tertiary/aromatic N) is 2. The van der Waals surface area contributed by atoms with Crippen molar-refractivity contribution in [1.29, 1.82) is 0 Å². The van der Waals surface area contributed by atoms with Crippen LogP contribution in [0, 0.1) is 11.6 Å². The predicted octanol–water partition coefficient (Wildman–Crippen LogP) is 3.82. The van der Waals surface area contributed by atoms with Crippen LogP contribution in [0.25, 0.3) is 0 Å². The molecule has 0 radical (unpaired) electrons. The number of carbonyl (C=O) groups excluding carboxylic acids is 1. The molecule has 0 aliphatic carbocycles. The number of aromatic nitrogens is 2. The Morgan fingerprint density at radius 3 is 2.62 bits per heavy atom. The number of thioether (sulfide) groups is 1. The molecule has 3 aromatic rings. The number of carbonyl (C=O) groups is 1.